The molecule has 2 aromatic heterocycles. The Kier molecular flexibility index (Phi) is 8.06. The number of sulfonamides is 1. The van der Waals surface area contributed by atoms with Gasteiger partial charge in [0.2, 0.25) is 10.0 Å². The van der Waals surface area contributed by atoms with Crippen LogP contribution in [0.15, 0.2) is 47.6 Å². The maximum atomic E-state index is 12.8. The van der Waals surface area contributed by atoms with Crippen LogP contribution < -0.4 is 14.9 Å². The van der Waals surface area contributed by atoms with Gasteiger partial charge in [-0.15, -0.1) is 0 Å². The van der Waals surface area contributed by atoms with E-state index >= 15 is 0 Å². The molecule has 2 aliphatic rings. The number of anilines is 1. The number of aromatic amines is 1. The van der Waals surface area contributed by atoms with E-state index in [1.807, 2.05) is 45.3 Å². The highest BCUT2D eigenvalue weighted by atomic mass is 32.2. The predicted octanol–water partition coefficient (Wildman–Crippen LogP) is 4.74. The van der Waals surface area contributed by atoms with Gasteiger partial charge in [-0.3, -0.25) is 4.98 Å². The van der Waals surface area contributed by atoms with Crippen LogP contribution in [0.1, 0.15) is 60.3 Å². The number of H-pyrrole nitrogens is 1. The second kappa shape index (κ2) is 11.2. The third-order valence-electron chi connectivity index (χ3n) is 7.97. The van der Waals surface area contributed by atoms with Crippen molar-refractivity contribution in [2.24, 2.45) is 0 Å². The second-order valence-electron chi connectivity index (χ2n) is 12.6. The first-order chi connectivity index (χ1) is 18.5. The lowest BCUT2D eigenvalue weighted by molar-refractivity contribution is 0.154. The Hall–Kier alpha value is -2.46. The Labute approximate surface area is 233 Å². The van der Waals surface area contributed by atoms with Gasteiger partial charge in [-0.25, -0.2) is 13.1 Å². The first-order valence-corrected chi connectivity index (χ1v) is 15.8. The molecule has 0 saturated carbocycles. The Balaban J connectivity index is 1.23. The molecule has 9 heteroatoms. The third-order valence-corrected chi connectivity index (χ3v) is 9.72. The average molecular weight is 553 g/mol. The molecule has 8 nitrogen and oxygen atoms in total. The van der Waals surface area contributed by atoms with Crippen LogP contribution in [0.5, 0.6) is 0 Å². The van der Waals surface area contributed by atoms with Gasteiger partial charge >= 0.3 is 0 Å². The number of hydrogen-bond acceptors (Lipinski definition) is 6. The molecule has 2 saturated heterocycles. The van der Waals surface area contributed by atoms with Gasteiger partial charge in [0.1, 0.15) is 0 Å². The molecule has 0 amide bonds. The number of piperidine rings is 2. The van der Waals surface area contributed by atoms with Gasteiger partial charge in [0, 0.05) is 65.1 Å². The summed E-state index contributed by atoms with van der Waals surface area (Å²) in [7, 11) is -3.60. The number of benzene rings is 1. The van der Waals surface area contributed by atoms with Crippen molar-refractivity contribution in [3.63, 3.8) is 0 Å². The fraction of sp³-hybridized carbons (Fsp3) is 0.567. The second-order valence-corrected chi connectivity index (χ2v) is 14.2. The molecule has 0 unspecified atom stereocenters. The van der Waals surface area contributed by atoms with Gasteiger partial charge in [0.05, 0.1) is 16.8 Å². The topological polar surface area (TPSA) is 93.4 Å². The summed E-state index contributed by atoms with van der Waals surface area (Å²) >= 11 is 0. The van der Waals surface area contributed by atoms with E-state index in [4.69, 9.17) is 0 Å². The molecular weight excluding hydrogens is 508 g/mol. The van der Waals surface area contributed by atoms with Crippen LogP contribution in [0.25, 0.3) is 22.2 Å². The van der Waals surface area contributed by atoms with Gasteiger partial charge < -0.3 is 20.1 Å². The molecular formula is C30H44N6O2S. The minimum Gasteiger partial charge on any atom is -0.370 e. The number of likely N-dealkylation sites (tertiary alicyclic amines) is 1. The van der Waals surface area contributed by atoms with Crippen molar-refractivity contribution in [2.45, 2.75) is 88.9 Å². The summed E-state index contributed by atoms with van der Waals surface area (Å²) in [5.74, 6) is 0. The Morgan fingerprint density at radius 2 is 1.62 bits per heavy atom. The monoisotopic (exact) mass is 552 g/mol. The smallest absolute Gasteiger partial charge is 0.241 e. The standard InChI is InChI=1S/C30H44N6O2S/c1-21(2)35-12-8-24(9-13-35)32-25-10-14-36(15-11-25)26-16-23(19-31-20-26)29-18-22-17-27(6-7-28(22)33-29)39(37,38)34-30(3,4)5/h6-7,16-21,24-25,32-34H,8-15H2,1-5H3. The molecule has 0 aliphatic carbocycles. The maximum Gasteiger partial charge on any atom is 0.241 e. The van der Waals surface area contributed by atoms with E-state index in [9.17, 15) is 8.42 Å². The van der Waals surface area contributed by atoms with E-state index in [0.717, 1.165) is 53.8 Å². The minimum absolute atomic E-state index is 0.268. The summed E-state index contributed by atoms with van der Waals surface area (Å²) in [4.78, 5) is 13.3. The largest absolute Gasteiger partial charge is 0.370 e. The van der Waals surface area contributed by atoms with Crippen molar-refractivity contribution in [1.29, 1.82) is 0 Å². The zero-order chi connectivity index (χ0) is 27.8. The lowest BCUT2D eigenvalue weighted by Gasteiger charge is -2.39. The van der Waals surface area contributed by atoms with Gasteiger partial charge in [-0.1, -0.05) is 0 Å². The zero-order valence-corrected chi connectivity index (χ0v) is 24.8. The van der Waals surface area contributed by atoms with Crippen LogP contribution in [-0.4, -0.2) is 73.1 Å². The highest BCUT2D eigenvalue weighted by Crippen LogP contribution is 2.29. The zero-order valence-electron chi connectivity index (χ0n) is 24.0. The predicted molar refractivity (Wildman–Crippen MR) is 160 cm³/mol. The third kappa shape index (κ3) is 6.82. The van der Waals surface area contributed by atoms with Crippen LogP contribution in [0, 0.1) is 0 Å². The summed E-state index contributed by atoms with van der Waals surface area (Å²) in [6.07, 6.45) is 8.59. The van der Waals surface area contributed by atoms with E-state index in [2.05, 4.69) is 49.7 Å². The molecule has 3 aromatic rings. The number of hydrogen-bond donors (Lipinski definition) is 3. The van der Waals surface area contributed by atoms with Crippen molar-refractivity contribution >= 4 is 26.6 Å². The fourth-order valence-corrected chi connectivity index (χ4v) is 7.32. The Morgan fingerprint density at radius 1 is 0.949 bits per heavy atom. The van der Waals surface area contributed by atoms with Crippen molar-refractivity contribution in [3.8, 4) is 11.3 Å². The number of pyridine rings is 1. The molecule has 39 heavy (non-hydrogen) atoms. The van der Waals surface area contributed by atoms with Gasteiger partial charge in [-0.05, 0) is 104 Å². The minimum atomic E-state index is -3.60. The molecule has 1 aromatic carbocycles. The van der Waals surface area contributed by atoms with Gasteiger partial charge in [0.15, 0.2) is 0 Å². The fourth-order valence-electron chi connectivity index (χ4n) is 5.86. The molecule has 2 aliphatic heterocycles. The molecule has 5 rings (SSSR count). The SMILES string of the molecule is CC(C)N1CCC(NC2CCN(c3cncc(-c4cc5cc(S(=O)(=O)NC(C)(C)C)ccc5[nH]4)c3)CC2)CC1. The van der Waals surface area contributed by atoms with E-state index < -0.39 is 15.6 Å². The number of rotatable bonds is 7. The average Bonchev–Trinajstić information content (AvgIpc) is 3.32. The van der Waals surface area contributed by atoms with E-state index in [1.54, 1.807) is 12.1 Å². The van der Waals surface area contributed by atoms with Crippen LogP contribution in [0.4, 0.5) is 5.69 Å². The number of nitrogens with zero attached hydrogens (tertiary/aromatic N) is 3. The van der Waals surface area contributed by atoms with Crippen LogP contribution >= 0.6 is 0 Å². The van der Waals surface area contributed by atoms with Crippen molar-refractivity contribution in [3.05, 3.63) is 42.7 Å². The molecule has 0 atom stereocenters. The molecule has 0 radical (unpaired) electrons. The number of nitrogens with one attached hydrogen (secondary N) is 3. The first-order valence-electron chi connectivity index (χ1n) is 14.3. The highest BCUT2D eigenvalue weighted by molar-refractivity contribution is 7.89. The summed E-state index contributed by atoms with van der Waals surface area (Å²) in [6.45, 7) is 14.5. The Morgan fingerprint density at radius 3 is 2.26 bits per heavy atom. The highest BCUT2D eigenvalue weighted by Gasteiger charge is 2.26. The summed E-state index contributed by atoms with van der Waals surface area (Å²) in [6, 6.07) is 11.3. The summed E-state index contributed by atoms with van der Waals surface area (Å²) < 4.78 is 28.4. The van der Waals surface area contributed by atoms with E-state index in [0.29, 0.717) is 18.1 Å². The quantitative estimate of drug-likeness (QED) is 0.392. The van der Waals surface area contributed by atoms with Crippen LogP contribution in [-0.2, 0) is 10.0 Å². The van der Waals surface area contributed by atoms with Crippen molar-refractivity contribution < 1.29 is 8.42 Å². The summed E-state index contributed by atoms with van der Waals surface area (Å²) in [5.41, 5.74) is 3.42. The van der Waals surface area contributed by atoms with Gasteiger partial charge in [-0.2, -0.15) is 0 Å². The number of aromatic nitrogens is 2. The van der Waals surface area contributed by atoms with E-state index in [-0.39, 0.29) is 4.90 Å². The normalized spacial score (nSPS) is 18.9. The van der Waals surface area contributed by atoms with Crippen LogP contribution in [0.3, 0.4) is 0 Å². The first kappa shape index (κ1) is 28.1. The molecule has 4 heterocycles. The van der Waals surface area contributed by atoms with Crippen molar-refractivity contribution in [2.75, 3.05) is 31.1 Å². The maximum absolute atomic E-state index is 12.8. The molecule has 3 N–H and O–H groups in total. The van der Waals surface area contributed by atoms with Crippen molar-refractivity contribution in [1.82, 2.24) is 24.9 Å². The molecule has 0 spiro atoms. The Bertz CT molecular complexity index is 1380. The molecule has 2 fully saturated rings. The van der Waals surface area contributed by atoms with E-state index in [1.165, 1.54) is 25.9 Å². The van der Waals surface area contributed by atoms with Gasteiger partial charge in [0.25, 0.3) is 0 Å². The van der Waals surface area contributed by atoms with Crippen LogP contribution in [0.2, 0.25) is 0 Å². The lowest BCUT2D eigenvalue weighted by Crippen LogP contribution is -2.50. The number of fused-ring (bicyclic) bond motifs is 1. The lowest BCUT2D eigenvalue weighted by atomic mass is 9.98. The summed E-state index contributed by atoms with van der Waals surface area (Å²) in [5, 5.41) is 4.81. The molecule has 212 valence electrons. The molecule has 0 bridgehead atoms.